The fourth-order valence-electron chi connectivity index (χ4n) is 0. The van der Waals surface area contributed by atoms with E-state index in [1.165, 1.54) is 0 Å². The Morgan fingerprint density at radius 1 is 1.67 bits per heavy atom. The first-order valence-electron chi connectivity index (χ1n) is 0.928. The van der Waals surface area contributed by atoms with Crippen molar-refractivity contribution in [1.82, 2.24) is 6.15 Å². The Balaban J connectivity index is -0.0000000450. The Morgan fingerprint density at radius 2 is 1.67 bits per heavy atom. The SMILES string of the molecule is CC(=O)O.N.[Zr]. The predicted molar refractivity (Wildman–Crippen MR) is 18.3 cm³/mol. The topological polar surface area (TPSA) is 72.3 Å². The maximum atomic E-state index is 9.00. The van der Waals surface area contributed by atoms with Crippen molar-refractivity contribution < 1.29 is 36.1 Å². The van der Waals surface area contributed by atoms with Crippen molar-refractivity contribution in [2.75, 3.05) is 0 Å². The summed E-state index contributed by atoms with van der Waals surface area (Å²) < 4.78 is 0. The summed E-state index contributed by atoms with van der Waals surface area (Å²) in [6, 6.07) is 0. The summed E-state index contributed by atoms with van der Waals surface area (Å²) in [4.78, 5) is 9.00. The van der Waals surface area contributed by atoms with Crippen LogP contribution in [-0.4, -0.2) is 11.1 Å². The van der Waals surface area contributed by atoms with Gasteiger partial charge in [0.1, 0.15) is 0 Å². The molecule has 0 radical (unpaired) electrons. The molecule has 0 aliphatic carbocycles. The Morgan fingerprint density at radius 3 is 1.67 bits per heavy atom. The summed E-state index contributed by atoms with van der Waals surface area (Å²) in [5, 5.41) is 7.42. The average Bonchev–Trinajstić information content (AvgIpc) is 0.811. The summed E-state index contributed by atoms with van der Waals surface area (Å²) in [5.41, 5.74) is 0. The van der Waals surface area contributed by atoms with Gasteiger partial charge in [-0.2, -0.15) is 0 Å². The van der Waals surface area contributed by atoms with E-state index in [0.717, 1.165) is 6.92 Å². The van der Waals surface area contributed by atoms with Crippen LogP contribution < -0.4 is 6.15 Å². The van der Waals surface area contributed by atoms with Gasteiger partial charge in [-0.25, -0.2) is 0 Å². The molecule has 0 amide bonds. The fourth-order valence-corrected chi connectivity index (χ4v) is 0. The first-order chi connectivity index (χ1) is 1.73. The Kier molecular flexibility index (Phi) is 24.4. The van der Waals surface area contributed by atoms with Gasteiger partial charge in [0.15, 0.2) is 0 Å². The number of carbonyl (C=O) groups is 1. The predicted octanol–water partition coefficient (Wildman–Crippen LogP) is 0.250. The van der Waals surface area contributed by atoms with E-state index < -0.39 is 5.97 Å². The van der Waals surface area contributed by atoms with Crippen molar-refractivity contribution in [2.24, 2.45) is 0 Å². The molecule has 36 valence electrons. The molecule has 0 aromatic heterocycles. The standard InChI is InChI=1S/C2H4O2.H3N.Zr/c1-2(3)4;;/h1H3,(H,3,4);1H3;. The molecule has 0 bridgehead atoms. The maximum absolute atomic E-state index is 9.00. The molecule has 0 aromatic rings. The van der Waals surface area contributed by atoms with Gasteiger partial charge in [-0.05, 0) is 0 Å². The molecule has 3 nitrogen and oxygen atoms in total. The molecule has 0 aromatic carbocycles. The van der Waals surface area contributed by atoms with E-state index in [1.807, 2.05) is 0 Å². The Hall–Kier alpha value is 0.313. The number of aliphatic carboxylic acids is 1. The molecular formula is C2H7NO2Zr. The number of rotatable bonds is 0. The van der Waals surface area contributed by atoms with Crippen LogP contribution >= 0.6 is 0 Å². The number of carboxylic acid groups (broad SMARTS) is 1. The minimum absolute atomic E-state index is 0. The van der Waals surface area contributed by atoms with Gasteiger partial charge >= 0.3 is 0 Å². The van der Waals surface area contributed by atoms with Crippen LogP contribution in [0, 0.1) is 0 Å². The van der Waals surface area contributed by atoms with Gasteiger partial charge in [-0.1, -0.05) is 0 Å². The van der Waals surface area contributed by atoms with Gasteiger partial charge in [-0.3, -0.25) is 4.79 Å². The molecule has 0 aliphatic rings. The third kappa shape index (κ3) is 483. The van der Waals surface area contributed by atoms with Gasteiger partial charge in [0.05, 0.1) is 0 Å². The second-order valence-corrected chi connectivity index (χ2v) is 0.519. The normalized spacial score (nSPS) is 4.17. The quantitative estimate of drug-likeness (QED) is 0.544. The van der Waals surface area contributed by atoms with Crippen molar-refractivity contribution in [3.63, 3.8) is 0 Å². The molecule has 0 atom stereocenters. The van der Waals surface area contributed by atoms with Crippen LogP contribution in [0.15, 0.2) is 0 Å². The summed E-state index contributed by atoms with van der Waals surface area (Å²) in [5.74, 6) is -0.833. The molecule has 0 rings (SSSR count). The zero-order valence-electron chi connectivity index (χ0n) is 3.56. The molecule has 4 N–H and O–H groups in total. The summed E-state index contributed by atoms with van der Waals surface area (Å²) >= 11 is 0. The minimum atomic E-state index is -0.833. The second-order valence-electron chi connectivity index (χ2n) is 0.519. The van der Waals surface area contributed by atoms with Crippen molar-refractivity contribution in [3.8, 4) is 0 Å². The van der Waals surface area contributed by atoms with E-state index in [0.29, 0.717) is 0 Å². The van der Waals surface area contributed by atoms with Crippen LogP contribution in [-0.2, 0) is 31.0 Å². The summed E-state index contributed by atoms with van der Waals surface area (Å²) in [6.07, 6.45) is 0. The third-order valence-electron chi connectivity index (χ3n) is 0. The van der Waals surface area contributed by atoms with Gasteiger partial charge in [0, 0.05) is 33.1 Å². The number of carboxylic acids is 1. The molecule has 0 spiro atoms. The first-order valence-corrected chi connectivity index (χ1v) is 0.928. The van der Waals surface area contributed by atoms with E-state index in [1.54, 1.807) is 0 Å². The molecule has 0 aliphatic heterocycles. The smallest absolute Gasteiger partial charge is 0.300 e. The van der Waals surface area contributed by atoms with Gasteiger partial charge < -0.3 is 11.3 Å². The monoisotopic (exact) mass is 167 g/mol. The molecule has 4 heteroatoms. The molecule has 0 saturated carbocycles. The molecular weight excluding hydrogens is 161 g/mol. The van der Waals surface area contributed by atoms with Crippen LogP contribution in [0.3, 0.4) is 0 Å². The van der Waals surface area contributed by atoms with Crippen LogP contribution in [0.25, 0.3) is 0 Å². The van der Waals surface area contributed by atoms with E-state index >= 15 is 0 Å². The number of hydrogen-bond donors (Lipinski definition) is 2. The van der Waals surface area contributed by atoms with Crippen LogP contribution in [0.5, 0.6) is 0 Å². The van der Waals surface area contributed by atoms with Crippen molar-refractivity contribution in [3.05, 3.63) is 0 Å². The minimum Gasteiger partial charge on any atom is -0.481 e. The van der Waals surface area contributed by atoms with Gasteiger partial charge in [-0.15, -0.1) is 0 Å². The fraction of sp³-hybridized carbons (Fsp3) is 0.500. The van der Waals surface area contributed by atoms with E-state index in [2.05, 4.69) is 0 Å². The first kappa shape index (κ1) is 16.2. The van der Waals surface area contributed by atoms with E-state index in [9.17, 15) is 0 Å². The molecule has 0 unspecified atom stereocenters. The van der Waals surface area contributed by atoms with Gasteiger partial charge in [0.2, 0.25) is 0 Å². The number of hydrogen-bond acceptors (Lipinski definition) is 2. The van der Waals surface area contributed by atoms with Crippen LogP contribution in [0.1, 0.15) is 6.92 Å². The second kappa shape index (κ2) is 9.00. The van der Waals surface area contributed by atoms with Crippen LogP contribution in [0.2, 0.25) is 0 Å². The van der Waals surface area contributed by atoms with E-state index in [4.69, 9.17) is 9.90 Å². The molecule has 0 saturated heterocycles. The molecule has 0 fully saturated rings. The maximum Gasteiger partial charge on any atom is 0.300 e. The van der Waals surface area contributed by atoms with Gasteiger partial charge in [0.25, 0.3) is 5.97 Å². The van der Waals surface area contributed by atoms with Crippen molar-refractivity contribution >= 4 is 5.97 Å². The molecule has 0 heterocycles. The summed E-state index contributed by atoms with van der Waals surface area (Å²) in [7, 11) is 0. The Bertz CT molecular complexity index is 34.5. The zero-order valence-corrected chi connectivity index (χ0v) is 6.02. The third-order valence-corrected chi connectivity index (χ3v) is 0. The van der Waals surface area contributed by atoms with Crippen molar-refractivity contribution in [2.45, 2.75) is 6.92 Å². The molecule has 6 heavy (non-hydrogen) atoms. The summed E-state index contributed by atoms with van der Waals surface area (Å²) in [6.45, 7) is 1.08. The van der Waals surface area contributed by atoms with Crippen LogP contribution in [0.4, 0.5) is 0 Å². The zero-order chi connectivity index (χ0) is 3.58. The average molecular weight is 168 g/mol. The Labute approximate surface area is 55.4 Å². The van der Waals surface area contributed by atoms with Crippen molar-refractivity contribution in [1.29, 1.82) is 0 Å². The largest absolute Gasteiger partial charge is 0.481 e. The van der Waals surface area contributed by atoms with E-state index in [-0.39, 0.29) is 32.4 Å².